The van der Waals surface area contributed by atoms with E-state index in [9.17, 15) is 0 Å². The number of benzene rings is 1. The molecule has 0 aromatic heterocycles. The second kappa shape index (κ2) is 7.53. The molecule has 20 heavy (non-hydrogen) atoms. The lowest BCUT2D eigenvalue weighted by atomic mass is 9.86. The molecule has 0 amide bonds. The molecule has 1 aromatic carbocycles. The van der Waals surface area contributed by atoms with Crippen LogP contribution in [0, 0.1) is 11.8 Å². The Kier molecular flexibility index (Phi) is 5.72. The molecular weight excluding hydrogens is 250 g/mol. The van der Waals surface area contributed by atoms with Gasteiger partial charge < -0.3 is 14.8 Å². The SMILES string of the molecule is COc1cccc(CNCC(C)C)c1OCC1CCC1. The van der Waals surface area contributed by atoms with Gasteiger partial charge in [-0.05, 0) is 37.3 Å². The van der Waals surface area contributed by atoms with Gasteiger partial charge in [0, 0.05) is 12.1 Å². The van der Waals surface area contributed by atoms with Gasteiger partial charge in [-0.25, -0.2) is 0 Å². The van der Waals surface area contributed by atoms with E-state index >= 15 is 0 Å². The van der Waals surface area contributed by atoms with Gasteiger partial charge in [0.1, 0.15) is 0 Å². The predicted molar refractivity (Wildman–Crippen MR) is 82.4 cm³/mol. The summed E-state index contributed by atoms with van der Waals surface area (Å²) in [4.78, 5) is 0. The lowest BCUT2D eigenvalue weighted by Gasteiger charge is -2.26. The molecule has 1 aromatic rings. The van der Waals surface area contributed by atoms with Crippen LogP contribution in [0.1, 0.15) is 38.7 Å². The van der Waals surface area contributed by atoms with Gasteiger partial charge in [-0.15, -0.1) is 0 Å². The molecule has 0 saturated heterocycles. The van der Waals surface area contributed by atoms with Crippen molar-refractivity contribution in [1.29, 1.82) is 0 Å². The highest BCUT2D eigenvalue weighted by molar-refractivity contribution is 5.46. The number of ether oxygens (including phenoxy) is 2. The fraction of sp³-hybridized carbons (Fsp3) is 0.647. The molecule has 2 rings (SSSR count). The molecule has 1 aliphatic carbocycles. The Morgan fingerprint density at radius 1 is 1.30 bits per heavy atom. The molecule has 3 heteroatoms. The lowest BCUT2D eigenvalue weighted by molar-refractivity contribution is 0.174. The number of hydrogen-bond acceptors (Lipinski definition) is 3. The molecular formula is C17H27NO2. The fourth-order valence-electron chi connectivity index (χ4n) is 2.38. The third-order valence-electron chi connectivity index (χ3n) is 3.84. The quantitative estimate of drug-likeness (QED) is 0.787. The standard InChI is InChI=1S/C17H27NO2/c1-13(2)10-18-11-15-8-5-9-16(19-3)17(15)20-12-14-6-4-7-14/h5,8-9,13-14,18H,4,6-7,10-12H2,1-3H3. The van der Waals surface area contributed by atoms with E-state index in [0.29, 0.717) is 5.92 Å². The Labute approximate surface area is 122 Å². The summed E-state index contributed by atoms with van der Waals surface area (Å²) in [5, 5.41) is 3.47. The van der Waals surface area contributed by atoms with Crippen molar-refractivity contribution in [3.63, 3.8) is 0 Å². The van der Waals surface area contributed by atoms with Crippen molar-refractivity contribution >= 4 is 0 Å². The fourth-order valence-corrected chi connectivity index (χ4v) is 2.38. The molecule has 1 fully saturated rings. The van der Waals surface area contributed by atoms with Crippen molar-refractivity contribution in [3.8, 4) is 11.5 Å². The van der Waals surface area contributed by atoms with Gasteiger partial charge in [0.05, 0.1) is 13.7 Å². The molecule has 0 spiro atoms. The Balaban J connectivity index is 1.99. The van der Waals surface area contributed by atoms with E-state index in [-0.39, 0.29) is 0 Å². The minimum atomic E-state index is 0.653. The van der Waals surface area contributed by atoms with Crippen LogP contribution >= 0.6 is 0 Å². The number of hydrogen-bond donors (Lipinski definition) is 1. The summed E-state index contributed by atoms with van der Waals surface area (Å²) < 4.78 is 11.5. The van der Waals surface area contributed by atoms with E-state index in [0.717, 1.165) is 37.1 Å². The maximum absolute atomic E-state index is 6.06. The van der Waals surface area contributed by atoms with Crippen LogP contribution in [0.3, 0.4) is 0 Å². The van der Waals surface area contributed by atoms with Crippen molar-refractivity contribution in [3.05, 3.63) is 23.8 Å². The second-order valence-corrected chi connectivity index (χ2v) is 6.08. The zero-order valence-electron chi connectivity index (χ0n) is 12.9. The predicted octanol–water partition coefficient (Wildman–Crippen LogP) is 3.62. The first-order valence-electron chi connectivity index (χ1n) is 7.70. The van der Waals surface area contributed by atoms with Crippen molar-refractivity contribution < 1.29 is 9.47 Å². The maximum atomic E-state index is 6.06. The van der Waals surface area contributed by atoms with Crippen molar-refractivity contribution in [2.45, 2.75) is 39.7 Å². The summed E-state index contributed by atoms with van der Waals surface area (Å²) in [5.41, 5.74) is 1.18. The molecule has 0 bridgehead atoms. The minimum absolute atomic E-state index is 0.653. The molecule has 1 aliphatic rings. The first kappa shape index (κ1) is 15.2. The van der Waals surface area contributed by atoms with Crippen LogP contribution in [0.5, 0.6) is 11.5 Å². The highest BCUT2D eigenvalue weighted by Gasteiger charge is 2.19. The summed E-state index contributed by atoms with van der Waals surface area (Å²) in [6.07, 6.45) is 3.95. The van der Waals surface area contributed by atoms with Gasteiger partial charge in [0.2, 0.25) is 0 Å². The van der Waals surface area contributed by atoms with Crippen molar-refractivity contribution in [2.24, 2.45) is 11.8 Å². The minimum Gasteiger partial charge on any atom is -0.493 e. The average Bonchev–Trinajstić information content (AvgIpc) is 2.37. The Morgan fingerprint density at radius 3 is 2.70 bits per heavy atom. The zero-order valence-corrected chi connectivity index (χ0v) is 12.9. The molecule has 112 valence electrons. The number of methoxy groups -OCH3 is 1. The molecule has 1 N–H and O–H groups in total. The molecule has 1 saturated carbocycles. The van der Waals surface area contributed by atoms with E-state index < -0.39 is 0 Å². The smallest absolute Gasteiger partial charge is 0.165 e. The number of nitrogens with one attached hydrogen (secondary N) is 1. The number of rotatable bonds is 8. The van der Waals surface area contributed by atoms with E-state index in [1.807, 2.05) is 12.1 Å². The van der Waals surface area contributed by atoms with E-state index in [4.69, 9.17) is 9.47 Å². The third kappa shape index (κ3) is 4.14. The average molecular weight is 277 g/mol. The summed E-state index contributed by atoms with van der Waals surface area (Å²) in [7, 11) is 1.71. The van der Waals surface area contributed by atoms with E-state index in [1.165, 1.54) is 24.8 Å². The maximum Gasteiger partial charge on any atom is 0.165 e. The van der Waals surface area contributed by atoms with Crippen LogP contribution in [0.4, 0.5) is 0 Å². The second-order valence-electron chi connectivity index (χ2n) is 6.08. The Morgan fingerprint density at radius 2 is 2.10 bits per heavy atom. The molecule has 0 heterocycles. The first-order valence-corrected chi connectivity index (χ1v) is 7.70. The molecule has 0 unspecified atom stereocenters. The molecule has 0 radical (unpaired) electrons. The van der Waals surface area contributed by atoms with Crippen LogP contribution in [0.25, 0.3) is 0 Å². The summed E-state index contributed by atoms with van der Waals surface area (Å²) in [6.45, 7) is 7.09. The van der Waals surface area contributed by atoms with Gasteiger partial charge in [-0.1, -0.05) is 32.4 Å². The molecule has 0 atom stereocenters. The van der Waals surface area contributed by atoms with Crippen LogP contribution in [-0.4, -0.2) is 20.3 Å². The van der Waals surface area contributed by atoms with Gasteiger partial charge in [-0.3, -0.25) is 0 Å². The van der Waals surface area contributed by atoms with Crippen molar-refractivity contribution in [2.75, 3.05) is 20.3 Å². The van der Waals surface area contributed by atoms with Crippen LogP contribution in [0.15, 0.2) is 18.2 Å². The Hall–Kier alpha value is -1.22. The largest absolute Gasteiger partial charge is 0.493 e. The van der Waals surface area contributed by atoms with Crippen molar-refractivity contribution in [1.82, 2.24) is 5.32 Å². The van der Waals surface area contributed by atoms with Crippen LogP contribution in [-0.2, 0) is 6.54 Å². The van der Waals surface area contributed by atoms with Crippen LogP contribution in [0.2, 0.25) is 0 Å². The first-order chi connectivity index (χ1) is 9.70. The summed E-state index contributed by atoms with van der Waals surface area (Å²) in [5.74, 6) is 3.14. The molecule has 3 nitrogen and oxygen atoms in total. The Bertz CT molecular complexity index is 413. The third-order valence-corrected chi connectivity index (χ3v) is 3.84. The van der Waals surface area contributed by atoms with Gasteiger partial charge in [-0.2, -0.15) is 0 Å². The summed E-state index contributed by atoms with van der Waals surface area (Å²) in [6, 6.07) is 6.12. The lowest BCUT2D eigenvalue weighted by Crippen LogP contribution is -2.22. The van der Waals surface area contributed by atoms with Gasteiger partial charge in [0.15, 0.2) is 11.5 Å². The highest BCUT2D eigenvalue weighted by Crippen LogP contribution is 2.33. The topological polar surface area (TPSA) is 30.5 Å². The van der Waals surface area contributed by atoms with E-state index in [1.54, 1.807) is 7.11 Å². The van der Waals surface area contributed by atoms with Crippen LogP contribution < -0.4 is 14.8 Å². The monoisotopic (exact) mass is 277 g/mol. The van der Waals surface area contributed by atoms with Gasteiger partial charge in [0.25, 0.3) is 0 Å². The number of para-hydroxylation sites is 1. The highest BCUT2D eigenvalue weighted by atomic mass is 16.5. The zero-order chi connectivity index (χ0) is 14.4. The van der Waals surface area contributed by atoms with E-state index in [2.05, 4.69) is 25.2 Å². The van der Waals surface area contributed by atoms with Gasteiger partial charge >= 0.3 is 0 Å². The molecule has 0 aliphatic heterocycles. The normalized spacial score (nSPS) is 15.2. The summed E-state index contributed by atoms with van der Waals surface area (Å²) >= 11 is 0.